The Morgan fingerprint density at radius 3 is 2.24 bits per heavy atom. The molecule has 1 rings (SSSR count). The molecule has 116 valence electrons. The van der Waals surface area contributed by atoms with Gasteiger partial charge in [-0.15, -0.1) is 0 Å². The number of hydrogen-bond donors (Lipinski definition) is 3. The highest BCUT2D eigenvalue weighted by atomic mass is 16.2. The van der Waals surface area contributed by atoms with Gasteiger partial charge in [0.05, 0.1) is 13.1 Å². The first-order chi connectivity index (χ1) is 9.90. The van der Waals surface area contributed by atoms with Gasteiger partial charge in [0.15, 0.2) is 0 Å². The van der Waals surface area contributed by atoms with E-state index >= 15 is 0 Å². The van der Waals surface area contributed by atoms with Crippen LogP contribution in [0, 0.1) is 0 Å². The van der Waals surface area contributed by atoms with Crippen LogP contribution in [0.5, 0.6) is 0 Å². The number of nitrogen functional groups attached to an aromatic ring is 1. The van der Waals surface area contributed by atoms with E-state index in [1.165, 1.54) is 0 Å². The normalized spacial score (nSPS) is 10.7. The van der Waals surface area contributed by atoms with Gasteiger partial charge in [-0.1, -0.05) is 6.92 Å². The first-order valence-electron chi connectivity index (χ1n) is 7.07. The van der Waals surface area contributed by atoms with Crippen LogP contribution >= 0.6 is 0 Å². The van der Waals surface area contributed by atoms with Crippen molar-refractivity contribution < 1.29 is 9.59 Å². The SMILES string of the molecule is CCN(CC(=O)Nc1ccc(N)cc1)CC(=O)NC(C)C. The van der Waals surface area contributed by atoms with E-state index in [0.717, 1.165) is 0 Å². The monoisotopic (exact) mass is 292 g/mol. The van der Waals surface area contributed by atoms with Crippen molar-refractivity contribution in [2.75, 3.05) is 30.7 Å². The van der Waals surface area contributed by atoms with Crippen LogP contribution in [0.4, 0.5) is 11.4 Å². The van der Waals surface area contributed by atoms with Crippen LogP contribution in [-0.4, -0.2) is 42.4 Å². The fourth-order valence-electron chi connectivity index (χ4n) is 1.82. The standard InChI is InChI=1S/C15H24N4O2/c1-4-19(9-14(20)17-11(2)3)10-15(21)18-13-7-5-12(16)6-8-13/h5-8,11H,4,9-10,16H2,1-3H3,(H,17,20)(H,18,21). The third-order valence-corrected chi connectivity index (χ3v) is 2.83. The molecule has 0 saturated heterocycles. The highest BCUT2D eigenvalue weighted by molar-refractivity contribution is 5.92. The zero-order valence-electron chi connectivity index (χ0n) is 12.8. The van der Waals surface area contributed by atoms with Gasteiger partial charge >= 0.3 is 0 Å². The topological polar surface area (TPSA) is 87.5 Å². The van der Waals surface area contributed by atoms with Crippen molar-refractivity contribution in [2.24, 2.45) is 0 Å². The second-order valence-corrected chi connectivity index (χ2v) is 5.20. The fraction of sp³-hybridized carbons (Fsp3) is 0.467. The van der Waals surface area contributed by atoms with Crippen molar-refractivity contribution in [1.82, 2.24) is 10.2 Å². The number of rotatable bonds is 7. The number of amides is 2. The zero-order chi connectivity index (χ0) is 15.8. The number of carbonyl (C=O) groups excluding carboxylic acids is 2. The minimum absolute atomic E-state index is 0.0767. The average Bonchev–Trinajstić information content (AvgIpc) is 2.39. The molecule has 2 amide bonds. The van der Waals surface area contributed by atoms with E-state index in [0.29, 0.717) is 17.9 Å². The Labute approximate surface area is 125 Å². The second-order valence-electron chi connectivity index (χ2n) is 5.20. The molecule has 0 heterocycles. The Hall–Kier alpha value is -2.08. The summed E-state index contributed by atoms with van der Waals surface area (Å²) in [4.78, 5) is 25.4. The van der Waals surface area contributed by atoms with E-state index in [-0.39, 0.29) is 30.9 Å². The molecule has 6 nitrogen and oxygen atoms in total. The Balaban J connectivity index is 2.47. The lowest BCUT2D eigenvalue weighted by atomic mass is 10.3. The molecule has 6 heteroatoms. The molecule has 0 fully saturated rings. The number of anilines is 2. The lowest BCUT2D eigenvalue weighted by Gasteiger charge is -2.20. The number of nitrogens with zero attached hydrogens (tertiary/aromatic N) is 1. The Morgan fingerprint density at radius 2 is 1.71 bits per heavy atom. The van der Waals surface area contributed by atoms with Crippen LogP contribution in [0.1, 0.15) is 20.8 Å². The number of benzene rings is 1. The van der Waals surface area contributed by atoms with Crippen LogP contribution in [0.25, 0.3) is 0 Å². The molecule has 0 aliphatic heterocycles. The lowest BCUT2D eigenvalue weighted by molar-refractivity contribution is -0.123. The minimum atomic E-state index is -0.154. The first-order valence-corrected chi connectivity index (χ1v) is 7.07. The van der Waals surface area contributed by atoms with Gasteiger partial charge in [0.1, 0.15) is 0 Å². The highest BCUT2D eigenvalue weighted by Crippen LogP contribution is 2.10. The Bertz CT molecular complexity index is 471. The summed E-state index contributed by atoms with van der Waals surface area (Å²) >= 11 is 0. The number of nitrogens with one attached hydrogen (secondary N) is 2. The van der Waals surface area contributed by atoms with Gasteiger partial charge in [-0.05, 0) is 44.7 Å². The van der Waals surface area contributed by atoms with E-state index in [4.69, 9.17) is 5.73 Å². The van der Waals surface area contributed by atoms with Crippen molar-refractivity contribution in [1.29, 1.82) is 0 Å². The molecule has 0 bridgehead atoms. The summed E-state index contributed by atoms with van der Waals surface area (Å²) in [6, 6.07) is 7.04. The molecule has 0 saturated carbocycles. The molecule has 0 aliphatic rings. The van der Waals surface area contributed by atoms with Gasteiger partial charge in [0, 0.05) is 17.4 Å². The van der Waals surface area contributed by atoms with Crippen LogP contribution in [0.3, 0.4) is 0 Å². The largest absolute Gasteiger partial charge is 0.399 e. The second kappa shape index (κ2) is 8.26. The van der Waals surface area contributed by atoms with Crippen molar-refractivity contribution >= 4 is 23.2 Å². The molecule has 0 aliphatic carbocycles. The maximum absolute atomic E-state index is 12.0. The van der Waals surface area contributed by atoms with Crippen LogP contribution < -0.4 is 16.4 Å². The summed E-state index contributed by atoms with van der Waals surface area (Å²) in [6.45, 7) is 6.74. The van der Waals surface area contributed by atoms with Gasteiger partial charge in [0.2, 0.25) is 11.8 Å². The number of nitrogens with two attached hydrogens (primary N) is 1. The maximum atomic E-state index is 12.0. The minimum Gasteiger partial charge on any atom is -0.399 e. The van der Waals surface area contributed by atoms with Gasteiger partial charge in [-0.2, -0.15) is 0 Å². The van der Waals surface area contributed by atoms with E-state index in [2.05, 4.69) is 10.6 Å². The van der Waals surface area contributed by atoms with E-state index in [1.54, 1.807) is 29.2 Å². The predicted molar refractivity (Wildman–Crippen MR) is 84.9 cm³/mol. The Kier molecular flexibility index (Phi) is 6.68. The summed E-state index contributed by atoms with van der Waals surface area (Å²) in [6.07, 6.45) is 0. The molecule has 4 N–H and O–H groups in total. The molecule has 0 atom stereocenters. The van der Waals surface area contributed by atoms with Crippen molar-refractivity contribution in [3.63, 3.8) is 0 Å². The van der Waals surface area contributed by atoms with Gasteiger partial charge in [0.25, 0.3) is 0 Å². The molecule has 0 unspecified atom stereocenters. The molecule has 21 heavy (non-hydrogen) atoms. The van der Waals surface area contributed by atoms with Crippen LogP contribution in [0.15, 0.2) is 24.3 Å². The molecular formula is C15H24N4O2. The summed E-state index contributed by atoms with van der Waals surface area (Å²) in [5.74, 6) is -0.230. The molecule has 0 aromatic heterocycles. The molecular weight excluding hydrogens is 268 g/mol. The van der Waals surface area contributed by atoms with E-state index in [1.807, 2.05) is 20.8 Å². The van der Waals surface area contributed by atoms with Gasteiger partial charge in [-0.3, -0.25) is 14.5 Å². The highest BCUT2D eigenvalue weighted by Gasteiger charge is 2.13. The zero-order valence-corrected chi connectivity index (χ0v) is 12.8. The van der Waals surface area contributed by atoms with Crippen LogP contribution in [-0.2, 0) is 9.59 Å². The van der Waals surface area contributed by atoms with E-state index < -0.39 is 0 Å². The number of carbonyl (C=O) groups is 2. The van der Waals surface area contributed by atoms with Crippen LogP contribution in [0.2, 0.25) is 0 Å². The average molecular weight is 292 g/mol. The Morgan fingerprint density at radius 1 is 1.14 bits per heavy atom. The van der Waals surface area contributed by atoms with Gasteiger partial charge in [-0.25, -0.2) is 0 Å². The first kappa shape index (κ1) is 17.0. The van der Waals surface area contributed by atoms with Crippen molar-refractivity contribution in [3.05, 3.63) is 24.3 Å². The molecule has 1 aromatic carbocycles. The van der Waals surface area contributed by atoms with Gasteiger partial charge < -0.3 is 16.4 Å². The van der Waals surface area contributed by atoms with Crippen molar-refractivity contribution in [3.8, 4) is 0 Å². The predicted octanol–water partition coefficient (Wildman–Crippen LogP) is 1.05. The molecule has 0 radical (unpaired) electrons. The third kappa shape index (κ3) is 6.76. The summed E-state index contributed by atoms with van der Waals surface area (Å²) < 4.78 is 0. The lowest BCUT2D eigenvalue weighted by Crippen LogP contribution is -2.42. The van der Waals surface area contributed by atoms with Crippen molar-refractivity contribution in [2.45, 2.75) is 26.8 Å². The number of likely N-dealkylation sites (N-methyl/N-ethyl adjacent to an activating group) is 1. The summed E-state index contributed by atoms with van der Waals surface area (Å²) in [5.41, 5.74) is 6.93. The summed E-state index contributed by atoms with van der Waals surface area (Å²) in [7, 11) is 0. The quantitative estimate of drug-likeness (QED) is 0.656. The van der Waals surface area contributed by atoms with E-state index in [9.17, 15) is 9.59 Å². The summed E-state index contributed by atoms with van der Waals surface area (Å²) in [5, 5.41) is 5.59. The molecule has 1 aromatic rings. The smallest absolute Gasteiger partial charge is 0.238 e. The molecule has 0 spiro atoms. The fourth-order valence-corrected chi connectivity index (χ4v) is 1.82. The maximum Gasteiger partial charge on any atom is 0.238 e. The number of hydrogen-bond acceptors (Lipinski definition) is 4. The third-order valence-electron chi connectivity index (χ3n) is 2.83.